The van der Waals surface area contributed by atoms with Gasteiger partial charge in [-0.3, -0.25) is 20.0 Å². The number of nitrogens with one attached hydrogen (secondary N) is 2. The molecule has 0 unspecified atom stereocenters. The minimum Gasteiger partial charge on any atom is -0.282 e. The number of aromatic nitrogens is 3. The molecule has 6 nitrogen and oxygen atoms in total. The second-order valence-electron chi connectivity index (χ2n) is 6.17. The van der Waals surface area contributed by atoms with E-state index >= 15 is 0 Å². The number of fused-ring (bicyclic) bond motifs is 1. The molecule has 2 aromatic carbocycles. The second kappa shape index (κ2) is 7.20. The molecule has 1 aliphatic rings. The van der Waals surface area contributed by atoms with Crippen LogP contribution in [0.15, 0.2) is 41.3 Å². The summed E-state index contributed by atoms with van der Waals surface area (Å²) in [6, 6.07) is 8.33. The molecule has 3 aromatic rings. The summed E-state index contributed by atoms with van der Waals surface area (Å²) in [5.41, 5.74) is 0.860. The van der Waals surface area contributed by atoms with E-state index in [2.05, 4.69) is 20.7 Å². The number of hydrogen-bond donors (Lipinski definition) is 2. The molecule has 0 saturated carbocycles. The van der Waals surface area contributed by atoms with Crippen LogP contribution in [0.4, 0.5) is 18.0 Å². The highest BCUT2D eigenvalue weighted by atomic mass is 35.5. The van der Waals surface area contributed by atoms with Crippen LogP contribution in [-0.4, -0.2) is 26.6 Å². The molecule has 11 heteroatoms. The first-order valence-corrected chi connectivity index (χ1v) is 9.35. The van der Waals surface area contributed by atoms with Crippen molar-refractivity contribution in [3.05, 3.63) is 63.0 Å². The largest absolute Gasteiger partial charge is 0.416 e. The van der Waals surface area contributed by atoms with Gasteiger partial charge in [-0.05, 0) is 59.1 Å². The third kappa shape index (κ3) is 3.85. The van der Waals surface area contributed by atoms with Gasteiger partial charge in [0.2, 0.25) is 0 Å². The van der Waals surface area contributed by atoms with E-state index in [1.807, 2.05) is 0 Å². The number of thioether (sulfide) groups is 1. The molecule has 1 aromatic heterocycles. The fourth-order valence-electron chi connectivity index (χ4n) is 3.01. The van der Waals surface area contributed by atoms with Gasteiger partial charge in [0.05, 0.1) is 16.0 Å². The van der Waals surface area contributed by atoms with Crippen LogP contribution in [0.2, 0.25) is 5.02 Å². The Morgan fingerprint density at radius 2 is 1.93 bits per heavy atom. The summed E-state index contributed by atoms with van der Waals surface area (Å²) in [4.78, 5) is 24.0. The average Bonchev–Trinajstić information content (AvgIpc) is 3.25. The van der Waals surface area contributed by atoms with Gasteiger partial charge in [-0.2, -0.15) is 13.2 Å². The maximum absolute atomic E-state index is 13.5. The molecule has 1 fully saturated rings. The van der Waals surface area contributed by atoms with Gasteiger partial charge in [0.25, 0.3) is 11.1 Å². The maximum Gasteiger partial charge on any atom is 0.416 e. The van der Waals surface area contributed by atoms with Crippen LogP contribution in [-0.2, 0) is 17.4 Å². The van der Waals surface area contributed by atoms with Crippen LogP contribution in [0.3, 0.4) is 0 Å². The lowest BCUT2D eigenvalue weighted by atomic mass is 9.94. The van der Waals surface area contributed by atoms with E-state index in [9.17, 15) is 22.8 Å². The predicted molar refractivity (Wildman–Crippen MR) is 102 cm³/mol. The van der Waals surface area contributed by atoms with Crippen molar-refractivity contribution in [1.82, 2.24) is 20.7 Å². The van der Waals surface area contributed by atoms with Gasteiger partial charge in [-0.25, -0.2) is 0 Å². The summed E-state index contributed by atoms with van der Waals surface area (Å²) in [5.74, 6) is -0.655. The van der Waals surface area contributed by atoms with E-state index in [4.69, 9.17) is 11.6 Å². The topological polar surface area (TPSA) is 87.7 Å². The van der Waals surface area contributed by atoms with Gasteiger partial charge in [0.1, 0.15) is 5.52 Å². The van der Waals surface area contributed by atoms with Crippen molar-refractivity contribution >= 4 is 51.1 Å². The summed E-state index contributed by atoms with van der Waals surface area (Å²) >= 11 is 6.40. The highest BCUT2D eigenvalue weighted by Crippen LogP contribution is 2.39. The van der Waals surface area contributed by atoms with Crippen molar-refractivity contribution in [2.75, 3.05) is 0 Å². The molecule has 0 radical (unpaired) electrons. The highest BCUT2D eigenvalue weighted by molar-refractivity contribution is 8.18. The van der Waals surface area contributed by atoms with E-state index < -0.39 is 22.9 Å². The fraction of sp³-hybridized carbons (Fsp3) is 0.111. The zero-order chi connectivity index (χ0) is 20.8. The molecular formula is C18H10ClF3N4O2S. The first kappa shape index (κ1) is 19.5. The van der Waals surface area contributed by atoms with Gasteiger partial charge >= 0.3 is 6.18 Å². The Morgan fingerprint density at radius 3 is 2.62 bits per heavy atom. The number of H-pyrrole nitrogens is 1. The molecule has 0 atom stereocenters. The molecular weight excluding hydrogens is 429 g/mol. The van der Waals surface area contributed by atoms with Gasteiger partial charge in [-0.1, -0.05) is 28.9 Å². The number of halogens is 4. The Kier molecular flexibility index (Phi) is 4.83. The SMILES string of the molecule is O=C1NC(=O)/C(=C(\Cc2ccc(Cl)cc2C(F)(F)F)c2ccc3[nH]nnc3c2)S1. The third-order valence-corrected chi connectivity index (χ3v) is 5.47. The molecule has 29 heavy (non-hydrogen) atoms. The molecule has 1 saturated heterocycles. The number of aromatic amines is 1. The number of hydrogen-bond acceptors (Lipinski definition) is 5. The summed E-state index contributed by atoms with van der Waals surface area (Å²) in [5, 5.41) is 11.7. The molecule has 2 N–H and O–H groups in total. The lowest BCUT2D eigenvalue weighted by Crippen LogP contribution is -2.18. The monoisotopic (exact) mass is 438 g/mol. The number of benzene rings is 2. The van der Waals surface area contributed by atoms with E-state index in [-0.39, 0.29) is 27.5 Å². The first-order chi connectivity index (χ1) is 13.7. The standard InChI is InChI=1S/C18H10ClF3N4O2S/c19-10-3-1-9(12(7-10)18(20,21)22)5-11(15-16(27)23-17(28)29-15)8-2-4-13-14(6-8)25-26-24-13/h1-4,6-7H,5H2,(H,23,27,28)(H,24,25,26)/b15-11-. The Morgan fingerprint density at radius 1 is 1.14 bits per heavy atom. The van der Waals surface area contributed by atoms with Crippen LogP contribution in [0.25, 0.3) is 16.6 Å². The summed E-state index contributed by atoms with van der Waals surface area (Å²) in [7, 11) is 0. The number of rotatable bonds is 3. The Balaban J connectivity index is 1.88. The number of nitrogens with zero attached hydrogens (tertiary/aromatic N) is 2. The van der Waals surface area contributed by atoms with Gasteiger partial charge in [0.15, 0.2) is 0 Å². The zero-order valence-corrected chi connectivity index (χ0v) is 15.9. The predicted octanol–water partition coefficient (Wildman–Crippen LogP) is 4.57. The van der Waals surface area contributed by atoms with Crippen molar-refractivity contribution in [2.24, 2.45) is 0 Å². The summed E-state index contributed by atoms with van der Waals surface area (Å²) in [6.07, 6.45) is -4.87. The van der Waals surface area contributed by atoms with Crippen LogP contribution in [0.5, 0.6) is 0 Å². The zero-order valence-electron chi connectivity index (χ0n) is 14.3. The van der Waals surface area contributed by atoms with Crippen LogP contribution in [0, 0.1) is 0 Å². The Bertz CT molecular complexity index is 1190. The van der Waals surface area contributed by atoms with E-state index in [1.54, 1.807) is 18.2 Å². The lowest BCUT2D eigenvalue weighted by Gasteiger charge is -2.16. The molecule has 0 bridgehead atoms. The Hall–Kier alpha value is -2.85. The third-order valence-electron chi connectivity index (χ3n) is 4.31. The van der Waals surface area contributed by atoms with Crippen LogP contribution in [0.1, 0.15) is 16.7 Å². The molecule has 1 aliphatic heterocycles. The van der Waals surface area contributed by atoms with Crippen molar-refractivity contribution in [1.29, 1.82) is 0 Å². The van der Waals surface area contributed by atoms with E-state index in [0.717, 1.165) is 6.07 Å². The van der Waals surface area contributed by atoms with Crippen molar-refractivity contribution in [2.45, 2.75) is 12.6 Å². The molecule has 2 heterocycles. The first-order valence-electron chi connectivity index (χ1n) is 8.15. The number of imide groups is 1. The normalized spacial score (nSPS) is 16.4. The molecule has 148 valence electrons. The van der Waals surface area contributed by atoms with Gasteiger partial charge in [-0.15, -0.1) is 5.10 Å². The smallest absolute Gasteiger partial charge is 0.282 e. The van der Waals surface area contributed by atoms with Gasteiger partial charge in [0, 0.05) is 5.02 Å². The van der Waals surface area contributed by atoms with E-state index in [1.165, 1.54) is 12.1 Å². The van der Waals surface area contributed by atoms with Crippen LogP contribution >= 0.6 is 23.4 Å². The minimum absolute atomic E-state index is 0.0425. The number of carbonyl (C=O) groups is 2. The summed E-state index contributed by atoms with van der Waals surface area (Å²) in [6.45, 7) is 0. The highest BCUT2D eigenvalue weighted by Gasteiger charge is 2.35. The molecule has 0 spiro atoms. The number of amides is 2. The lowest BCUT2D eigenvalue weighted by molar-refractivity contribution is -0.138. The van der Waals surface area contributed by atoms with Crippen molar-refractivity contribution in [3.63, 3.8) is 0 Å². The number of allylic oxidation sites excluding steroid dienone is 1. The fourth-order valence-corrected chi connectivity index (χ4v) is 3.97. The quantitative estimate of drug-likeness (QED) is 0.585. The Labute approximate surface area is 170 Å². The molecule has 4 rings (SSSR count). The van der Waals surface area contributed by atoms with Crippen molar-refractivity contribution < 1.29 is 22.8 Å². The van der Waals surface area contributed by atoms with Crippen molar-refractivity contribution in [3.8, 4) is 0 Å². The number of carbonyl (C=O) groups excluding carboxylic acids is 2. The average molecular weight is 439 g/mol. The van der Waals surface area contributed by atoms with E-state index in [0.29, 0.717) is 28.4 Å². The molecule has 2 amide bonds. The molecule has 0 aliphatic carbocycles. The summed E-state index contributed by atoms with van der Waals surface area (Å²) < 4.78 is 40.6. The number of alkyl halides is 3. The van der Waals surface area contributed by atoms with Crippen LogP contribution < -0.4 is 5.32 Å². The second-order valence-corrected chi connectivity index (χ2v) is 7.59. The maximum atomic E-state index is 13.5. The van der Waals surface area contributed by atoms with Gasteiger partial charge < -0.3 is 0 Å². The minimum atomic E-state index is -4.63.